The fraction of sp³-hybridized carbons (Fsp3) is 0.808. The number of carbonyl (C=O) groups excluding carboxylic acids is 2. The van der Waals surface area contributed by atoms with Crippen LogP contribution in [0.2, 0.25) is 0 Å². The van der Waals surface area contributed by atoms with Crippen LogP contribution in [0.15, 0.2) is 72.9 Å². The third-order valence-corrected chi connectivity index (χ3v) is 15.5. The molecule has 0 aromatic rings. The molecule has 0 aliphatic heterocycles. The summed E-state index contributed by atoms with van der Waals surface area (Å²) in [5, 5.41) is 9.70. The van der Waals surface area contributed by atoms with Gasteiger partial charge in [0.05, 0.1) is 6.61 Å². The zero-order valence-corrected chi connectivity index (χ0v) is 52.2. The molecule has 0 rings (SSSR count). The number of ether oxygens (including phenoxy) is 2. The maximum Gasteiger partial charge on any atom is 0.306 e. The molecule has 1 atom stereocenters. The average molecular weight is 1090 g/mol. The minimum absolute atomic E-state index is 0.0618. The summed E-state index contributed by atoms with van der Waals surface area (Å²) in [5.41, 5.74) is 0. The summed E-state index contributed by atoms with van der Waals surface area (Å²) in [6.07, 6.45) is 95.1. The monoisotopic (exact) mass is 1090 g/mol. The number of aliphatic hydroxyl groups excluding tert-OH is 1. The van der Waals surface area contributed by atoms with Crippen molar-refractivity contribution < 1.29 is 24.2 Å². The Morgan fingerprint density at radius 2 is 0.551 bits per heavy atom. The van der Waals surface area contributed by atoms with Gasteiger partial charge in [-0.25, -0.2) is 0 Å². The van der Waals surface area contributed by atoms with E-state index in [0.717, 1.165) is 70.6 Å². The molecule has 1 unspecified atom stereocenters. The highest BCUT2D eigenvalue weighted by Crippen LogP contribution is 2.18. The second-order valence-corrected chi connectivity index (χ2v) is 23.2. The predicted octanol–water partition coefficient (Wildman–Crippen LogP) is 23.9. The smallest absolute Gasteiger partial charge is 0.306 e. The van der Waals surface area contributed by atoms with E-state index < -0.39 is 6.10 Å². The zero-order valence-electron chi connectivity index (χ0n) is 52.2. The lowest BCUT2D eigenvalue weighted by Crippen LogP contribution is -2.28. The quantitative estimate of drug-likeness (QED) is 0.0373. The summed E-state index contributed by atoms with van der Waals surface area (Å²) in [5.74, 6) is -0.571. The number of hydrogen-bond donors (Lipinski definition) is 1. The molecule has 0 aliphatic rings. The van der Waals surface area contributed by atoms with Crippen LogP contribution in [-0.4, -0.2) is 36.4 Å². The molecular formula is C73H132O5. The fourth-order valence-electron chi connectivity index (χ4n) is 10.3. The van der Waals surface area contributed by atoms with Crippen LogP contribution in [0.3, 0.4) is 0 Å². The van der Waals surface area contributed by atoms with E-state index in [4.69, 9.17) is 9.47 Å². The summed E-state index contributed by atoms with van der Waals surface area (Å²) >= 11 is 0. The van der Waals surface area contributed by atoms with E-state index in [0.29, 0.717) is 12.8 Å². The Morgan fingerprint density at radius 3 is 0.846 bits per heavy atom. The van der Waals surface area contributed by atoms with E-state index in [2.05, 4.69) is 86.8 Å². The lowest BCUT2D eigenvalue weighted by Gasteiger charge is -2.15. The van der Waals surface area contributed by atoms with Gasteiger partial charge in [0.25, 0.3) is 0 Å². The highest BCUT2D eigenvalue weighted by molar-refractivity contribution is 5.70. The van der Waals surface area contributed by atoms with Crippen molar-refractivity contribution >= 4 is 11.9 Å². The van der Waals surface area contributed by atoms with Gasteiger partial charge in [-0.15, -0.1) is 0 Å². The maximum atomic E-state index is 12.4. The first kappa shape index (κ1) is 75.3. The van der Waals surface area contributed by atoms with Gasteiger partial charge in [-0.3, -0.25) is 9.59 Å². The molecule has 0 saturated heterocycles. The van der Waals surface area contributed by atoms with Gasteiger partial charge in [0.1, 0.15) is 6.61 Å². The summed E-state index contributed by atoms with van der Waals surface area (Å²) in [7, 11) is 0. The van der Waals surface area contributed by atoms with Gasteiger partial charge in [0.15, 0.2) is 6.10 Å². The van der Waals surface area contributed by atoms with Crippen LogP contribution < -0.4 is 0 Å². The van der Waals surface area contributed by atoms with Crippen LogP contribution in [0.4, 0.5) is 0 Å². The van der Waals surface area contributed by atoms with Crippen molar-refractivity contribution in [2.75, 3.05) is 13.2 Å². The van der Waals surface area contributed by atoms with Crippen molar-refractivity contribution in [1.29, 1.82) is 0 Å². The van der Waals surface area contributed by atoms with Crippen molar-refractivity contribution in [3.05, 3.63) is 72.9 Å². The lowest BCUT2D eigenvalue weighted by molar-refractivity contribution is -0.161. The average Bonchev–Trinajstić information content (AvgIpc) is 3.44. The minimum Gasteiger partial charge on any atom is -0.462 e. The summed E-state index contributed by atoms with van der Waals surface area (Å²) in [4.78, 5) is 24.6. The minimum atomic E-state index is -0.772. The first-order valence-corrected chi connectivity index (χ1v) is 34.5. The molecule has 1 N–H and O–H groups in total. The molecule has 0 fully saturated rings. The van der Waals surface area contributed by atoms with Gasteiger partial charge in [-0.1, -0.05) is 337 Å². The number of aliphatic hydroxyl groups is 1. The third-order valence-electron chi connectivity index (χ3n) is 15.5. The topological polar surface area (TPSA) is 72.8 Å². The third kappa shape index (κ3) is 65.9. The van der Waals surface area contributed by atoms with Crippen molar-refractivity contribution in [3.63, 3.8) is 0 Å². The largest absolute Gasteiger partial charge is 0.462 e. The number of esters is 2. The van der Waals surface area contributed by atoms with Gasteiger partial charge in [0, 0.05) is 12.8 Å². The van der Waals surface area contributed by atoms with E-state index in [1.54, 1.807) is 0 Å². The first-order chi connectivity index (χ1) is 38.6. The Labute approximate surface area is 486 Å². The zero-order chi connectivity index (χ0) is 56.2. The number of rotatable bonds is 64. The van der Waals surface area contributed by atoms with Crippen molar-refractivity contribution in [3.8, 4) is 0 Å². The van der Waals surface area contributed by atoms with Gasteiger partial charge in [0.2, 0.25) is 0 Å². The highest BCUT2D eigenvalue weighted by atomic mass is 16.6. The molecule has 5 heteroatoms. The second-order valence-electron chi connectivity index (χ2n) is 23.2. The maximum absolute atomic E-state index is 12.4. The van der Waals surface area contributed by atoms with Crippen LogP contribution in [-0.2, 0) is 19.1 Å². The Balaban J connectivity index is 3.41. The number of unbranched alkanes of at least 4 members (excludes halogenated alkanes) is 44. The Kier molecular flexibility index (Phi) is 66.3. The molecule has 0 saturated carbocycles. The van der Waals surface area contributed by atoms with Crippen LogP contribution in [0, 0.1) is 0 Å². The number of allylic oxidation sites excluding steroid dienone is 12. The van der Waals surface area contributed by atoms with E-state index >= 15 is 0 Å². The van der Waals surface area contributed by atoms with Crippen molar-refractivity contribution in [2.45, 2.75) is 367 Å². The number of hydrogen-bond acceptors (Lipinski definition) is 5. The summed E-state index contributed by atoms with van der Waals surface area (Å²) in [6, 6.07) is 0. The molecule has 0 spiro atoms. The molecule has 0 radical (unpaired) electrons. The van der Waals surface area contributed by atoms with E-state index in [-0.39, 0.29) is 25.2 Å². The fourth-order valence-corrected chi connectivity index (χ4v) is 10.3. The SMILES string of the molecule is CC/C=C\C/C=C\C/C=C\C/C=C\C/C=C\CCCCCCCCCCCCCCCCCCCCCCCC(=O)OC(CO)COC(=O)CCCCCCCCCCCCCCCCC/C=C\CCCCCCCCCC. The highest BCUT2D eigenvalue weighted by Gasteiger charge is 2.16. The van der Waals surface area contributed by atoms with Crippen LogP contribution in [0.25, 0.3) is 0 Å². The first-order valence-electron chi connectivity index (χ1n) is 34.5. The van der Waals surface area contributed by atoms with Gasteiger partial charge < -0.3 is 14.6 Å². The molecule has 0 heterocycles. The summed E-state index contributed by atoms with van der Waals surface area (Å²) < 4.78 is 10.8. The van der Waals surface area contributed by atoms with E-state index in [1.807, 2.05) is 0 Å². The van der Waals surface area contributed by atoms with Crippen LogP contribution >= 0.6 is 0 Å². The Bertz CT molecular complexity index is 1370. The van der Waals surface area contributed by atoms with Gasteiger partial charge in [-0.05, 0) is 83.5 Å². The molecule has 5 nitrogen and oxygen atoms in total. The van der Waals surface area contributed by atoms with Crippen LogP contribution in [0.1, 0.15) is 361 Å². The van der Waals surface area contributed by atoms with Gasteiger partial charge in [-0.2, -0.15) is 0 Å². The second kappa shape index (κ2) is 68.6. The standard InChI is InChI=1S/C73H132O5/c1-3-5-7-9-11-13-15-17-19-21-23-25-27-29-31-32-33-34-35-36-37-38-39-40-42-44-46-48-50-52-54-56-58-60-62-64-66-68-73(76)78-71(69-74)70-77-72(75)67-65-63-61-59-57-55-53-51-49-47-45-43-41-30-28-26-24-22-20-18-16-14-12-10-8-6-4-2/h5,7,11,13,17,19,22-25,29,31,71,74H,3-4,6,8-10,12,14-16,18,20-21,26-28,30,32-70H2,1-2H3/b7-5-,13-11-,19-17-,24-22-,25-23-,31-29-. The molecule has 0 aliphatic carbocycles. The van der Waals surface area contributed by atoms with E-state index in [9.17, 15) is 14.7 Å². The predicted molar refractivity (Wildman–Crippen MR) is 343 cm³/mol. The van der Waals surface area contributed by atoms with E-state index in [1.165, 1.54) is 263 Å². The molecule has 78 heavy (non-hydrogen) atoms. The molecule has 0 aromatic heterocycles. The van der Waals surface area contributed by atoms with Crippen molar-refractivity contribution in [2.24, 2.45) is 0 Å². The molecule has 454 valence electrons. The molecular weight excluding hydrogens is 957 g/mol. The van der Waals surface area contributed by atoms with Crippen molar-refractivity contribution in [1.82, 2.24) is 0 Å². The lowest BCUT2D eigenvalue weighted by atomic mass is 10.0. The normalized spacial score (nSPS) is 12.6. The summed E-state index contributed by atoms with van der Waals surface area (Å²) in [6.45, 7) is 4.08. The van der Waals surface area contributed by atoms with Gasteiger partial charge >= 0.3 is 11.9 Å². The molecule has 0 amide bonds. The molecule has 0 aromatic carbocycles. The van der Waals surface area contributed by atoms with Crippen LogP contribution in [0.5, 0.6) is 0 Å². The Hall–Kier alpha value is -2.66. The molecule has 0 bridgehead atoms. The number of carbonyl (C=O) groups is 2. The Morgan fingerprint density at radius 1 is 0.308 bits per heavy atom.